The number of amides is 2. The third-order valence-corrected chi connectivity index (χ3v) is 2.64. The van der Waals surface area contributed by atoms with Crippen molar-refractivity contribution in [1.82, 2.24) is 5.32 Å². The van der Waals surface area contributed by atoms with Crippen molar-refractivity contribution in [3.05, 3.63) is 29.8 Å². The highest BCUT2D eigenvalue weighted by molar-refractivity contribution is 5.90. The van der Waals surface area contributed by atoms with Crippen molar-refractivity contribution in [1.29, 1.82) is 0 Å². The first-order chi connectivity index (χ1) is 8.39. The number of benzene rings is 1. The average molecular weight is 251 g/mol. The minimum atomic E-state index is -1.48. The standard InChI is InChI=1S/C12H17N3O3/c1-8(17)15-12(7-16,11(14)18)6-9-2-4-10(13)5-3-9/h2-5,16H,6-7,13H2,1H3,(H2,14,18)(H,15,17)/t12-/m0/s1. The summed E-state index contributed by atoms with van der Waals surface area (Å²) in [4.78, 5) is 22.6. The van der Waals surface area contributed by atoms with Crippen LogP contribution in [0.5, 0.6) is 0 Å². The molecule has 2 amide bonds. The van der Waals surface area contributed by atoms with Gasteiger partial charge in [0.15, 0.2) is 0 Å². The molecule has 0 heterocycles. The van der Waals surface area contributed by atoms with Gasteiger partial charge >= 0.3 is 0 Å². The van der Waals surface area contributed by atoms with Gasteiger partial charge in [-0.05, 0) is 17.7 Å². The van der Waals surface area contributed by atoms with Gasteiger partial charge in [-0.1, -0.05) is 12.1 Å². The van der Waals surface area contributed by atoms with Crippen LogP contribution < -0.4 is 16.8 Å². The fourth-order valence-electron chi connectivity index (χ4n) is 1.69. The quantitative estimate of drug-likeness (QED) is 0.510. The lowest BCUT2D eigenvalue weighted by Gasteiger charge is -2.29. The molecule has 6 heteroatoms. The van der Waals surface area contributed by atoms with Crippen LogP contribution in [0.15, 0.2) is 24.3 Å². The molecule has 1 rings (SSSR count). The Balaban J connectivity index is 3.00. The van der Waals surface area contributed by atoms with Crippen LogP contribution in [-0.2, 0) is 16.0 Å². The molecule has 0 aliphatic heterocycles. The van der Waals surface area contributed by atoms with E-state index in [4.69, 9.17) is 11.5 Å². The number of aliphatic hydroxyl groups is 1. The normalized spacial score (nSPS) is 13.7. The van der Waals surface area contributed by atoms with Crippen molar-refractivity contribution in [2.45, 2.75) is 18.9 Å². The molecule has 0 aliphatic rings. The minimum absolute atomic E-state index is 0.110. The molecule has 0 fully saturated rings. The van der Waals surface area contributed by atoms with Gasteiger partial charge in [0.05, 0.1) is 6.61 Å². The summed E-state index contributed by atoms with van der Waals surface area (Å²) in [5.41, 5.74) is 10.7. The summed E-state index contributed by atoms with van der Waals surface area (Å²) in [6, 6.07) is 6.77. The fourth-order valence-corrected chi connectivity index (χ4v) is 1.69. The van der Waals surface area contributed by atoms with Gasteiger partial charge in [-0.25, -0.2) is 0 Å². The molecule has 0 unspecified atom stereocenters. The van der Waals surface area contributed by atoms with Crippen molar-refractivity contribution in [2.75, 3.05) is 12.3 Å². The van der Waals surface area contributed by atoms with E-state index >= 15 is 0 Å². The van der Waals surface area contributed by atoms with Gasteiger partial charge in [0, 0.05) is 19.0 Å². The van der Waals surface area contributed by atoms with Gasteiger partial charge in [-0.3, -0.25) is 9.59 Å². The molecule has 6 nitrogen and oxygen atoms in total. The first-order valence-electron chi connectivity index (χ1n) is 5.43. The summed E-state index contributed by atoms with van der Waals surface area (Å²) in [6.45, 7) is 0.697. The second kappa shape index (κ2) is 5.50. The summed E-state index contributed by atoms with van der Waals surface area (Å²) >= 11 is 0. The summed E-state index contributed by atoms with van der Waals surface area (Å²) in [5, 5.41) is 11.8. The highest BCUT2D eigenvalue weighted by atomic mass is 16.3. The third kappa shape index (κ3) is 3.21. The van der Waals surface area contributed by atoms with Gasteiger partial charge in [0.1, 0.15) is 5.54 Å². The lowest BCUT2D eigenvalue weighted by Crippen LogP contribution is -2.61. The van der Waals surface area contributed by atoms with Crippen molar-refractivity contribution in [3.63, 3.8) is 0 Å². The number of aliphatic hydroxyl groups excluding tert-OH is 1. The maximum atomic E-state index is 11.5. The molecular formula is C12H17N3O3. The Bertz CT molecular complexity index is 444. The lowest BCUT2D eigenvalue weighted by atomic mass is 9.90. The maximum Gasteiger partial charge on any atom is 0.245 e. The molecule has 0 aromatic heterocycles. The fraction of sp³-hybridized carbons (Fsp3) is 0.333. The molecule has 0 saturated carbocycles. The Morgan fingerprint density at radius 3 is 2.28 bits per heavy atom. The largest absolute Gasteiger partial charge is 0.399 e. The van der Waals surface area contributed by atoms with Gasteiger partial charge < -0.3 is 21.9 Å². The summed E-state index contributed by atoms with van der Waals surface area (Å²) < 4.78 is 0. The zero-order valence-electron chi connectivity index (χ0n) is 10.1. The highest BCUT2D eigenvalue weighted by Crippen LogP contribution is 2.15. The zero-order chi connectivity index (χ0) is 13.8. The topological polar surface area (TPSA) is 118 Å². The number of carbonyl (C=O) groups is 2. The van der Waals surface area contributed by atoms with Crippen LogP contribution in [0.2, 0.25) is 0 Å². The maximum absolute atomic E-state index is 11.5. The Morgan fingerprint density at radius 2 is 1.89 bits per heavy atom. The molecule has 0 radical (unpaired) electrons. The summed E-state index contributed by atoms with van der Waals surface area (Å²) in [7, 11) is 0. The van der Waals surface area contributed by atoms with E-state index in [1.807, 2.05) is 0 Å². The first kappa shape index (κ1) is 14.0. The van der Waals surface area contributed by atoms with Crippen LogP contribution in [0.25, 0.3) is 0 Å². The number of nitrogens with two attached hydrogens (primary N) is 2. The predicted molar refractivity (Wildman–Crippen MR) is 67.4 cm³/mol. The van der Waals surface area contributed by atoms with Crippen LogP contribution >= 0.6 is 0 Å². The minimum Gasteiger partial charge on any atom is -0.399 e. The Kier molecular flexibility index (Phi) is 4.28. The molecule has 18 heavy (non-hydrogen) atoms. The zero-order valence-corrected chi connectivity index (χ0v) is 10.1. The number of carbonyl (C=O) groups excluding carboxylic acids is 2. The van der Waals surface area contributed by atoms with Crippen molar-refractivity contribution >= 4 is 17.5 Å². The highest BCUT2D eigenvalue weighted by Gasteiger charge is 2.37. The molecule has 0 spiro atoms. The number of nitrogen functional groups attached to an aromatic ring is 1. The Hall–Kier alpha value is -2.08. The number of nitrogens with one attached hydrogen (secondary N) is 1. The number of hydrogen-bond donors (Lipinski definition) is 4. The number of hydrogen-bond acceptors (Lipinski definition) is 4. The van der Waals surface area contributed by atoms with Gasteiger partial charge in [-0.2, -0.15) is 0 Å². The second-order valence-electron chi connectivity index (χ2n) is 4.20. The SMILES string of the molecule is CC(=O)N[C@](CO)(Cc1ccc(N)cc1)C(N)=O. The van der Waals surface area contributed by atoms with E-state index < -0.39 is 24.0 Å². The van der Waals surface area contributed by atoms with Gasteiger partial charge in [-0.15, -0.1) is 0 Å². The predicted octanol–water partition coefficient (Wildman–Crippen LogP) is -0.836. The Morgan fingerprint density at radius 1 is 1.33 bits per heavy atom. The Labute approximate surface area is 105 Å². The molecule has 0 aliphatic carbocycles. The van der Waals surface area contributed by atoms with Gasteiger partial charge in [0.25, 0.3) is 0 Å². The summed E-state index contributed by atoms with van der Waals surface area (Å²) in [5.74, 6) is -1.21. The smallest absolute Gasteiger partial charge is 0.245 e. The van der Waals surface area contributed by atoms with Crippen LogP contribution in [0.1, 0.15) is 12.5 Å². The molecule has 0 saturated heterocycles. The van der Waals surface area contributed by atoms with Crippen LogP contribution in [0.3, 0.4) is 0 Å². The second-order valence-corrected chi connectivity index (χ2v) is 4.20. The van der Waals surface area contributed by atoms with E-state index in [1.165, 1.54) is 6.92 Å². The molecule has 1 aromatic rings. The van der Waals surface area contributed by atoms with E-state index in [0.717, 1.165) is 5.56 Å². The van der Waals surface area contributed by atoms with E-state index in [-0.39, 0.29) is 6.42 Å². The van der Waals surface area contributed by atoms with Crippen molar-refractivity contribution in [2.24, 2.45) is 5.73 Å². The number of anilines is 1. The lowest BCUT2D eigenvalue weighted by molar-refractivity contribution is -0.132. The first-order valence-corrected chi connectivity index (χ1v) is 5.43. The summed E-state index contributed by atoms with van der Waals surface area (Å²) in [6.07, 6.45) is 0.110. The van der Waals surface area contributed by atoms with E-state index in [1.54, 1.807) is 24.3 Å². The molecule has 1 aromatic carbocycles. The van der Waals surface area contributed by atoms with Crippen molar-refractivity contribution in [3.8, 4) is 0 Å². The number of rotatable bonds is 5. The van der Waals surface area contributed by atoms with Gasteiger partial charge in [0.2, 0.25) is 11.8 Å². The molecule has 98 valence electrons. The van der Waals surface area contributed by atoms with E-state index in [9.17, 15) is 14.7 Å². The average Bonchev–Trinajstić information content (AvgIpc) is 2.30. The third-order valence-electron chi connectivity index (χ3n) is 2.64. The van der Waals surface area contributed by atoms with Crippen LogP contribution in [-0.4, -0.2) is 29.1 Å². The molecule has 1 atom stereocenters. The van der Waals surface area contributed by atoms with E-state index in [0.29, 0.717) is 5.69 Å². The van der Waals surface area contributed by atoms with Crippen LogP contribution in [0, 0.1) is 0 Å². The van der Waals surface area contributed by atoms with Crippen LogP contribution in [0.4, 0.5) is 5.69 Å². The molecule has 6 N–H and O–H groups in total. The van der Waals surface area contributed by atoms with E-state index in [2.05, 4.69) is 5.32 Å². The number of primary amides is 1. The molecular weight excluding hydrogens is 234 g/mol. The molecule has 0 bridgehead atoms. The monoisotopic (exact) mass is 251 g/mol. The van der Waals surface area contributed by atoms with Crippen molar-refractivity contribution < 1.29 is 14.7 Å².